The number of carbonyl (C=O) groups is 3. The molecule has 3 amide bonds. The summed E-state index contributed by atoms with van der Waals surface area (Å²) in [6, 6.07) is 8.30. The molecule has 7 heteroatoms. The molecule has 1 atom stereocenters. The van der Waals surface area contributed by atoms with Gasteiger partial charge in [0.25, 0.3) is 0 Å². The van der Waals surface area contributed by atoms with Crippen LogP contribution in [-0.4, -0.2) is 31.1 Å². The van der Waals surface area contributed by atoms with E-state index in [0.717, 1.165) is 5.56 Å². The molecule has 0 aliphatic carbocycles. The first-order valence-corrected chi connectivity index (χ1v) is 6.93. The molecule has 120 valence electrons. The zero-order valence-corrected chi connectivity index (χ0v) is 12.7. The van der Waals surface area contributed by atoms with Gasteiger partial charge in [0.2, 0.25) is 5.91 Å². The summed E-state index contributed by atoms with van der Waals surface area (Å²) >= 11 is 0. The molecule has 1 aromatic rings. The number of imide groups is 1. The minimum absolute atomic E-state index is 0.0503. The highest BCUT2D eigenvalue weighted by molar-refractivity contribution is 5.94. The average molecular weight is 307 g/mol. The van der Waals surface area contributed by atoms with Crippen molar-refractivity contribution in [2.45, 2.75) is 25.8 Å². The quantitative estimate of drug-likeness (QED) is 0.640. The number of rotatable bonds is 7. The molecule has 0 heterocycles. The second kappa shape index (κ2) is 8.14. The number of carbonyl (C=O) groups excluding carboxylic acids is 3. The van der Waals surface area contributed by atoms with Crippen LogP contribution in [0.25, 0.3) is 0 Å². The van der Waals surface area contributed by atoms with Crippen LogP contribution in [0.2, 0.25) is 0 Å². The van der Waals surface area contributed by atoms with E-state index in [2.05, 4.69) is 5.32 Å². The Morgan fingerprint density at radius 3 is 2.41 bits per heavy atom. The standard InChI is InChI=1S/C15H21N3O4/c1-3-22-13(20)9-15(2,11-7-5-4-6-8-11)17-10-12(19)18-14(16)21/h4-8,17H,3,9-10H2,1-2H3,(H3,16,18,19,21)/t15-/m1/s1. The van der Waals surface area contributed by atoms with Gasteiger partial charge in [-0.2, -0.15) is 0 Å². The Labute approximate surface area is 129 Å². The van der Waals surface area contributed by atoms with Crippen molar-refractivity contribution < 1.29 is 19.1 Å². The number of esters is 1. The molecule has 1 aromatic carbocycles. The van der Waals surface area contributed by atoms with Crippen LogP contribution in [-0.2, 0) is 19.9 Å². The van der Waals surface area contributed by atoms with Gasteiger partial charge in [0.15, 0.2) is 0 Å². The summed E-state index contributed by atoms with van der Waals surface area (Å²) < 4.78 is 4.98. The Hall–Kier alpha value is -2.41. The number of nitrogens with one attached hydrogen (secondary N) is 2. The van der Waals surface area contributed by atoms with Gasteiger partial charge in [0, 0.05) is 0 Å². The van der Waals surface area contributed by atoms with E-state index in [1.54, 1.807) is 13.8 Å². The first-order chi connectivity index (χ1) is 10.4. The summed E-state index contributed by atoms with van der Waals surface area (Å²) in [7, 11) is 0. The van der Waals surface area contributed by atoms with Crippen molar-refractivity contribution in [1.82, 2.24) is 10.6 Å². The lowest BCUT2D eigenvalue weighted by Gasteiger charge is -2.30. The number of benzene rings is 1. The minimum Gasteiger partial charge on any atom is -0.466 e. The number of ether oxygens (including phenoxy) is 1. The normalized spacial score (nSPS) is 13.0. The zero-order valence-electron chi connectivity index (χ0n) is 12.7. The summed E-state index contributed by atoms with van der Waals surface area (Å²) in [5.74, 6) is -0.949. The molecule has 0 aliphatic heterocycles. The van der Waals surface area contributed by atoms with Crippen LogP contribution in [0.15, 0.2) is 30.3 Å². The smallest absolute Gasteiger partial charge is 0.318 e. The highest BCUT2D eigenvalue weighted by Crippen LogP contribution is 2.24. The Morgan fingerprint density at radius 2 is 1.86 bits per heavy atom. The topological polar surface area (TPSA) is 111 Å². The molecule has 0 bridgehead atoms. The fourth-order valence-electron chi connectivity index (χ4n) is 2.03. The zero-order chi connectivity index (χ0) is 16.6. The maximum absolute atomic E-state index is 11.8. The van der Waals surface area contributed by atoms with Gasteiger partial charge in [0.1, 0.15) is 0 Å². The third-order valence-electron chi connectivity index (χ3n) is 3.12. The maximum atomic E-state index is 11.8. The molecule has 0 radical (unpaired) electrons. The first-order valence-electron chi connectivity index (χ1n) is 6.93. The van der Waals surface area contributed by atoms with Crippen molar-refractivity contribution in [2.24, 2.45) is 5.73 Å². The van der Waals surface area contributed by atoms with Crippen LogP contribution in [0.4, 0.5) is 4.79 Å². The molecule has 4 N–H and O–H groups in total. The van der Waals surface area contributed by atoms with Crippen molar-refractivity contribution >= 4 is 17.9 Å². The summed E-state index contributed by atoms with van der Waals surface area (Å²) in [5.41, 5.74) is 4.92. The molecule has 0 spiro atoms. The maximum Gasteiger partial charge on any atom is 0.318 e. The second-order valence-electron chi connectivity index (χ2n) is 4.95. The number of amides is 3. The Kier molecular flexibility index (Phi) is 6.52. The molecule has 0 aliphatic rings. The van der Waals surface area contributed by atoms with Crippen LogP contribution >= 0.6 is 0 Å². The number of hydrogen-bond donors (Lipinski definition) is 3. The number of primary amides is 1. The summed E-state index contributed by atoms with van der Waals surface area (Å²) in [6.07, 6.45) is 0.0503. The Morgan fingerprint density at radius 1 is 1.23 bits per heavy atom. The van der Waals surface area contributed by atoms with Crippen molar-refractivity contribution in [2.75, 3.05) is 13.2 Å². The minimum atomic E-state index is -0.918. The van der Waals surface area contributed by atoms with Crippen molar-refractivity contribution in [1.29, 1.82) is 0 Å². The first kappa shape index (κ1) is 17.6. The molecule has 7 nitrogen and oxygen atoms in total. The molecule has 0 fully saturated rings. The molecule has 22 heavy (non-hydrogen) atoms. The third-order valence-corrected chi connectivity index (χ3v) is 3.12. The molecular weight excluding hydrogens is 286 g/mol. The van der Waals surface area contributed by atoms with Crippen LogP contribution in [0.5, 0.6) is 0 Å². The van der Waals surface area contributed by atoms with Gasteiger partial charge >= 0.3 is 12.0 Å². The lowest BCUT2D eigenvalue weighted by molar-refractivity contribution is -0.145. The summed E-state index contributed by atoms with van der Waals surface area (Å²) in [6.45, 7) is 3.64. The van der Waals surface area contributed by atoms with Gasteiger partial charge in [0.05, 0.1) is 25.1 Å². The SMILES string of the molecule is CCOC(=O)C[C@@](C)(NCC(=O)NC(N)=O)c1ccccc1. The Balaban J connectivity index is 2.85. The molecule has 1 rings (SSSR count). The van der Waals surface area contributed by atoms with Gasteiger partial charge < -0.3 is 10.5 Å². The molecule has 0 saturated heterocycles. The molecule has 0 unspecified atom stereocenters. The van der Waals surface area contributed by atoms with Crippen LogP contribution in [0, 0.1) is 0 Å². The van der Waals surface area contributed by atoms with Crippen molar-refractivity contribution in [3.63, 3.8) is 0 Å². The molecule has 0 aromatic heterocycles. The Bertz CT molecular complexity index is 533. The van der Waals surface area contributed by atoms with Gasteiger partial charge in [-0.25, -0.2) is 4.79 Å². The van der Waals surface area contributed by atoms with E-state index < -0.39 is 17.5 Å². The second-order valence-corrected chi connectivity index (χ2v) is 4.95. The van der Waals surface area contributed by atoms with Gasteiger partial charge in [-0.15, -0.1) is 0 Å². The van der Waals surface area contributed by atoms with Gasteiger partial charge in [-0.1, -0.05) is 30.3 Å². The fourth-order valence-corrected chi connectivity index (χ4v) is 2.03. The third kappa shape index (κ3) is 5.53. The van der Waals surface area contributed by atoms with E-state index in [1.165, 1.54) is 0 Å². The van der Waals surface area contributed by atoms with E-state index in [-0.39, 0.29) is 25.5 Å². The van der Waals surface area contributed by atoms with E-state index in [1.807, 2.05) is 35.6 Å². The van der Waals surface area contributed by atoms with Crippen LogP contribution in [0.1, 0.15) is 25.8 Å². The summed E-state index contributed by atoms with van der Waals surface area (Å²) in [5, 5.41) is 4.95. The van der Waals surface area contributed by atoms with E-state index in [4.69, 9.17) is 10.5 Å². The van der Waals surface area contributed by atoms with Gasteiger partial charge in [-0.05, 0) is 19.4 Å². The number of hydrogen-bond acceptors (Lipinski definition) is 5. The largest absolute Gasteiger partial charge is 0.466 e. The average Bonchev–Trinajstić information content (AvgIpc) is 2.46. The predicted octanol–water partition coefficient (Wildman–Crippen LogP) is 0.640. The fraction of sp³-hybridized carbons (Fsp3) is 0.400. The van der Waals surface area contributed by atoms with Crippen molar-refractivity contribution in [3.8, 4) is 0 Å². The lowest BCUT2D eigenvalue weighted by Crippen LogP contribution is -2.48. The van der Waals surface area contributed by atoms with E-state index >= 15 is 0 Å². The molecular formula is C15H21N3O4. The van der Waals surface area contributed by atoms with Crippen LogP contribution in [0.3, 0.4) is 0 Å². The highest BCUT2D eigenvalue weighted by atomic mass is 16.5. The monoisotopic (exact) mass is 307 g/mol. The highest BCUT2D eigenvalue weighted by Gasteiger charge is 2.30. The number of nitrogens with two attached hydrogens (primary N) is 1. The molecule has 0 saturated carbocycles. The van der Waals surface area contributed by atoms with E-state index in [9.17, 15) is 14.4 Å². The lowest BCUT2D eigenvalue weighted by atomic mass is 9.88. The van der Waals surface area contributed by atoms with Crippen LogP contribution < -0.4 is 16.4 Å². The summed E-state index contributed by atoms with van der Waals surface area (Å²) in [4.78, 5) is 34.0. The van der Waals surface area contributed by atoms with Crippen molar-refractivity contribution in [3.05, 3.63) is 35.9 Å². The number of urea groups is 1. The van der Waals surface area contributed by atoms with E-state index in [0.29, 0.717) is 0 Å². The van der Waals surface area contributed by atoms with Gasteiger partial charge in [-0.3, -0.25) is 20.2 Å². The predicted molar refractivity (Wildman–Crippen MR) is 80.8 cm³/mol.